The molecule has 1 aromatic heterocycles. The van der Waals surface area contributed by atoms with Gasteiger partial charge in [-0.2, -0.15) is 5.10 Å². The molecule has 4 nitrogen and oxygen atoms in total. The lowest BCUT2D eigenvalue weighted by Gasteiger charge is -2.30. The van der Waals surface area contributed by atoms with Crippen LogP contribution in [0.2, 0.25) is 0 Å². The highest BCUT2D eigenvalue weighted by Crippen LogP contribution is 2.29. The van der Waals surface area contributed by atoms with Crippen molar-refractivity contribution < 1.29 is 0 Å². The largest absolute Gasteiger partial charge is 0.370 e. The number of rotatable bonds is 4. The van der Waals surface area contributed by atoms with Crippen molar-refractivity contribution in [3.63, 3.8) is 0 Å². The molecule has 0 bridgehead atoms. The van der Waals surface area contributed by atoms with Crippen LogP contribution in [-0.4, -0.2) is 22.9 Å². The second kappa shape index (κ2) is 7.78. The van der Waals surface area contributed by atoms with Crippen molar-refractivity contribution in [2.75, 3.05) is 18.0 Å². The maximum absolute atomic E-state index is 12.8. The lowest BCUT2D eigenvalue weighted by atomic mass is 10.1. The lowest BCUT2D eigenvalue weighted by molar-refractivity contribution is 0.572. The zero-order valence-electron chi connectivity index (χ0n) is 15.8. The van der Waals surface area contributed by atoms with E-state index in [1.165, 1.54) is 24.8 Å². The first-order valence-electron chi connectivity index (χ1n) is 9.69. The summed E-state index contributed by atoms with van der Waals surface area (Å²) >= 11 is 0. The number of nitrogens with zero attached hydrogens (tertiary/aromatic N) is 3. The van der Waals surface area contributed by atoms with Crippen LogP contribution in [0, 0.1) is 6.92 Å². The van der Waals surface area contributed by atoms with Crippen molar-refractivity contribution in [3.05, 3.63) is 82.1 Å². The molecule has 4 heteroatoms. The fraction of sp³-hybridized carbons (Fsp3) is 0.304. The third-order valence-electron chi connectivity index (χ3n) is 5.14. The fourth-order valence-electron chi connectivity index (χ4n) is 3.76. The molecule has 0 atom stereocenters. The van der Waals surface area contributed by atoms with Gasteiger partial charge < -0.3 is 4.90 Å². The molecule has 0 spiro atoms. The summed E-state index contributed by atoms with van der Waals surface area (Å²) in [4.78, 5) is 15.1. The standard InChI is InChI=1S/C23H25N3O/c1-18-9-8-10-19(15-18)17-26-22(27)16-21(25-13-6-3-7-14-25)23(24-26)20-11-4-2-5-12-20/h2,4-5,8-12,15-16H,3,6-7,13-14,17H2,1H3. The number of hydrogen-bond donors (Lipinski definition) is 0. The number of aryl methyl sites for hydroxylation is 1. The summed E-state index contributed by atoms with van der Waals surface area (Å²) in [5.74, 6) is 0. The van der Waals surface area contributed by atoms with Crippen LogP contribution in [0.3, 0.4) is 0 Å². The average molecular weight is 359 g/mol. The Balaban J connectivity index is 1.78. The maximum atomic E-state index is 12.8. The molecular formula is C23H25N3O. The Kier molecular flexibility index (Phi) is 5.05. The molecule has 0 unspecified atom stereocenters. The highest BCUT2D eigenvalue weighted by atomic mass is 16.1. The van der Waals surface area contributed by atoms with Gasteiger partial charge in [0.25, 0.3) is 5.56 Å². The lowest BCUT2D eigenvalue weighted by Crippen LogP contribution is -2.33. The smallest absolute Gasteiger partial charge is 0.269 e. The van der Waals surface area contributed by atoms with Crippen LogP contribution >= 0.6 is 0 Å². The van der Waals surface area contributed by atoms with Gasteiger partial charge in [0.05, 0.1) is 12.2 Å². The number of aromatic nitrogens is 2. The first-order chi connectivity index (χ1) is 13.2. The average Bonchev–Trinajstić information content (AvgIpc) is 2.71. The zero-order chi connectivity index (χ0) is 18.6. The summed E-state index contributed by atoms with van der Waals surface area (Å²) in [6.45, 7) is 4.53. The van der Waals surface area contributed by atoms with E-state index in [9.17, 15) is 4.79 Å². The van der Waals surface area contributed by atoms with Gasteiger partial charge >= 0.3 is 0 Å². The minimum Gasteiger partial charge on any atom is -0.370 e. The molecule has 1 aliphatic heterocycles. The predicted molar refractivity (Wildman–Crippen MR) is 110 cm³/mol. The van der Waals surface area contributed by atoms with E-state index < -0.39 is 0 Å². The Morgan fingerprint density at radius 3 is 2.44 bits per heavy atom. The summed E-state index contributed by atoms with van der Waals surface area (Å²) in [6.07, 6.45) is 3.59. The fourth-order valence-corrected chi connectivity index (χ4v) is 3.76. The maximum Gasteiger partial charge on any atom is 0.269 e. The molecule has 1 saturated heterocycles. The second-order valence-electron chi connectivity index (χ2n) is 7.28. The molecule has 138 valence electrons. The van der Waals surface area contributed by atoms with Crippen molar-refractivity contribution in [2.24, 2.45) is 0 Å². The second-order valence-corrected chi connectivity index (χ2v) is 7.28. The van der Waals surface area contributed by atoms with Gasteiger partial charge in [0, 0.05) is 24.7 Å². The molecule has 27 heavy (non-hydrogen) atoms. The van der Waals surface area contributed by atoms with Crippen molar-refractivity contribution in [1.29, 1.82) is 0 Å². The quantitative estimate of drug-likeness (QED) is 0.699. The van der Waals surface area contributed by atoms with E-state index in [1.807, 2.05) is 30.3 Å². The summed E-state index contributed by atoms with van der Waals surface area (Å²) < 4.78 is 1.59. The topological polar surface area (TPSA) is 38.1 Å². The van der Waals surface area contributed by atoms with Gasteiger partial charge in [-0.15, -0.1) is 0 Å². The van der Waals surface area contributed by atoms with Crippen LogP contribution in [0.4, 0.5) is 5.69 Å². The van der Waals surface area contributed by atoms with E-state index >= 15 is 0 Å². The summed E-state index contributed by atoms with van der Waals surface area (Å²) in [7, 11) is 0. The number of hydrogen-bond acceptors (Lipinski definition) is 3. The van der Waals surface area contributed by atoms with Crippen LogP contribution in [0.5, 0.6) is 0 Å². The number of anilines is 1. The molecule has 2 heterocycles. The molecule has 0 saturated carbocycles. The van der Waals surface area contributed by atoms with Crippen LogP contribution in [0.1, 0.15) is 30.4 Å². The first kappa shape index (κ1) is 17.5. The Labute approximate surface area is 160 Å². The van der Waals surface area contributed by atoms with E-state index in [1.54, 1.807) is 10.7 Å². The predicted octanol–water partition coefficient (Wildman–Crippen LogP) is 4.26. The molecule has 4 rings (SSSR count). The minimum atomic E-state index is -0.0447. The first-order valence-corrected chi connectivity index (χ1v) is 9.69. The van der Waals surface area contributed by atoms with Gasteiger partial charge in [0.1, 0.15) is 5.69 Å². The van der Waals surface area contributed by atoms with Gasteiger partial charge in [0.15, 0.2) is 0 Å². The Hall–Kier alpha value is -2.88. The molecule has 0 radical (unpaired) electrons. The van der Waals surface area contributed by atoms with Crippen LogP contribution in [0.25, 0.3) is 11.3 Å². The number of piperidine rings is 1. The van der Waals surface area contributed by atoms with Gasteiger partial charge in [-0.05, 0) is 31.7 Å². The Morgan fingerprint density at radius 2 is 1.70 bits per heavy atom. The normalized spacial score (nSPS) is 14.3. The van der Waals surface area contributed by atoms with Crippen LogP contribution in [-0.2, 0) is 6.54 Å². The Bertz CT molecular complexity index is 972. The molecule has 1 fully saturated rings. The van der Waals surface area contributed by atoms with E-state index in [4.69, 9.17) is 5.10 Å². The molecule has 0 amide bonds. The minimum absolute atomic E-state index is 0.0447. The summed E-state index contributed by atoms with van der Waals surface area (Å²) in [6, 6.07) is 20.2. The van der Waals surface area contributed by atoms with Crippen molar-refractivity contribution >= 4 is 5.69 Å². The molecule has 0 N–H and O–H groups in total. The SMILES string of the molecule is Cc1cccc(Cn2nc(-c3ccccc3)c(N3CCCCC3)cc2=O)c1. The van der Waals surface area contributed by atoms with E-state index in [-0.39, 0.29) is 5.56 Å². The molecular weight excluding hydrogens is 334 g/mol. The van der Waals surface area contributed by atoms with Gasteiger partial charge in [-0.3, -0.25) is 4.79 Å². The Morgan fingerprint density at radius 1 is 0.926 bits per heavy atom. The van der Waals surface area contributed by atoms with Crippen molar-refractivity contribution in [1.82, 2.24) is 9.78 Å². The summed E-state index contributed by atoms with van der Waals surface area (Å²) in [5, 5.41) is 4.81. The summed E-state index contributed by atoms with van der Waals surface area (Å²) in [5.41, 5.74) is 5.15. The highest BCUT2D eigenvalue weighted by Gasteiger charge is 2.19. The molecule has 1 aliphatic rings. The molecule has 3 aromatic rings. The zero-order valence-corrected chi connectivity index (χ0v) is 15.8. The van der Waals surface area contributed by atoms with E-state index in [0.29, 0.717) is 6.54 Å². The van der Waals surface area contributed by atoms with E-state index in [0.717, 1.165) is 35.6 Å². The molecule has 0 aliphatic carbocycles. The van der Waals surface area contributed by atoms with Crippen molar-refractivity contribution in [2.45, 2.75) is 32.7 Å². The molecule has 2 aromatic carbocycles. The van der Waals surface area contributed by atoms with Crippen LogP contribution < -0.4 is 10.5 Å². The third-order valence-corrected chi connectivity index (χ3v) is 5.14. The van der Waals surface area contributed by atoms with Crippen LogP contribution in [0.15, 0.2) is 65.5 Å². The highest BCUT2D eigenvalue weighted by molar-refractivity contribution is 5.74. The van der Waals surface area contributed by atoms with Gasteiger partial charge in [0.2, 0.25) is 0 Å². The van der Waals surface area contributed by atoms with Gasteiger partial charge in [-0.25, -0.2) is 4.68 Å². The van der Waals surface area contributed by atoms with Gasteiger partial charge in [-0.1, -0.05) is 60.2 Å². The van der Waals surface area contributed by atoms with Crippen molar-refractivity contribution in [3.8, 4) is 11.3 Å². The van der Waals surface area contributed by atoms with E-state index in [2.05, 4.69) is 36.1 Å². The monoisotopic (exact) mass is 359 g/mol. The third kappa shape index (κ3) is 3.95. The number of benzene rings is 2.